The van der Waals surface area contributed by atoms with Crippen LogP contribution in [0.25, 0.3) is 6.08 Å². The number of rotatable bonds is 7. The van der Waals surface area contributed by atoms with Gasteiger partial charge in [0.1, 0.15) is 23.1 Å². The van der Waals surface area contributed by atoms with Gasteiger partial charge in [-0.15, -0.1) is 0 Å². The van der Waals surface area contributed by atoms with Crippen LogP contribution in [0.3, 0.4) is 0 Å². The molecule has 28 heavy (non-hydrogen) atoms. The van der Waals surface area contributed by atoms with Gasteiger partial charge in [0.15, 0.2) is 0 Å². The number of benzene rings is 2. The first kappa shape index (κ1) is 20.3. The van der Waals surface area contributed by atoms with Gasteiger partial charge < -0.3 is 19.9 Å². The molecule has 0 fully saturated rings. The number of hydrogen-bond acceptors (Lipinski definition) is 7. The van der Waals surface area contributed by atoms with Crippen molar-refractivity contribution in [3.63, 3.8) is 0 Å². The van der Waals surface area contributed by atoms with Crippen molar-refractivity contribution in [3.05, 3.63) is 57.6 Å². The number of amides is 1. The summed E-state index contributed by atoms with van der Waals surface area (Å²) in [5, 5.41) is 34.8. The van der Waals surface area contributed by atoms with Crippen LogP contribution in [-0.4, -0.2) is 24.5 Å². The Morgan fingerprint density at radius 1 is 1.32 bits per heavy atom. The number of nitro groups is 1. The smallest absolute Gasteiger partial charge is 0.266 e. The predicted molar refractivity (Wildman–Crippen MR) is 98.9 cm³/mol. The van der Waals surface area contributed by atoms with Crippen LogP contribution in [0.5, 0.6) is 17.2 Å². The molecule has 0 aliphatic rings. The highest BCUT2D eigenvalue weighted by atomic mass is 16.6. The van der Waals surface area contributed by atoms with Gasteiger partial charge in [-0.1, -0.05) is 12.1 Å². The van der Waals surface area contributed by atoms with Gasteiger partial charge in [0, 0.05) is 11.8 Å². The lowest BCUT2D eigenvalue weighted by Crippen LogP contribution is -2.14. The number of ether oxygens (including phenoxy) is 2. The first-order chi connectivity index (χ1) is 13.4. The summed E-state index contributed by atoms with van der Waals surface area (Å²) < 4.78 is 10.3. The molecular weight excluding hydrogens is 366 g/mol. The zero-order valence-electron chi connectivity index (χ0n) is 15.1. The number of anilines is 1. The quantitative estimate of drug-likeness (QED) is 0.336. The second kappa shape index (κ2) is 9.05. The third-order valence-corrected chi connectivity index (χ3v) is 3.59. The van der Waals surface area contributed by atoms with E-state index in [1.807, 2.05) is 0 Å². The number of carbonyl (C=O) groups is 1. The Bertz CT molecular complexity index is 978. The molecule has 0 spiro atoms. The van der Waals surface area contributed by atoms with Crippen LogP contribution < -0.4 is 19.9 Å². The van der Waals surface area contributed by atoms with Crippen molar-refractivity contribution in [1.82, 2.24) is 0 Å². The number of nitriles is 1. The third-order valence-electron chi connectivity index (χ3n) is 3.59. The fourth-order valence-corrected chi connectivity index (χ4v) is 2.33. The van der Waals surface area contributed by atoms with Crippen molar-refractivity contribution in [1.29, 1.82) is 5.26 Å². The molecule has 0 aliphatic heterocycles. The molecule has 0 saturated carbocycles. The van der Waals surface area contributed by atoms with Crippen LogP contribution in [0.4, 0.5) is 11.4 Å². The number of nitrogens with zero attached hydrogens (tertiary/aromatic N) is 2. The molecule has 1 N–H and O–H groups in total. The van der Waals surface area contributed by atoms with E-state index < -0.39 is 22.3 Å². The summed E-state index contributed by atoms with van der Waals surface area (Å²) in [4.78, 5) is 22.6. The molecule has 2 rings (SSSR count). The van der Waals surface area contributed by atoms with E-state index in [2.05, 4.69) is 5.32 Å². The van der Waals surface area contributed by atoms with Crippen molar-refractivity contribution >= 4 is 23.4 Å². The molecule has 9 nitrogen and oxygen atoms in total. The molecule has 144 valence electrons. The summed E-state index contributed by atoms with van der Waals surface area (Å²) in [6.07, 6.45) is 1.13. The summed E-state index contributed by atoms with van der Waals surface area (Å²) in [6.45, 7) is 2.18. The largest absolute Gasteiger partial charge is 0.865 e. The number of nitrogens with one attached hydrogen (secondary N) is 1. The van der Waals surface area contributed by atoms with Gasteiger partial charge >= 0.3 is 0 Å². The molecule has 0 aliphatic carbocycles. The fourth-order valence-electron chi connectivity index (χ4n) is 2.33. The van der Waals surface area contributed by atoms with Gasteiger partial charge in [0.2, 0.25) is 0 Å². The van der Waals surface area contributed by atoms with E-state index in [-0.39, 0.29) is 16.9 Å². The Balaban J connectivity index is 2.39. The zero-order chi connectivity index (χ0) is 20.7. The maximum absolute atomic E-state index is 12.5. The van der Waals surface area contributed by atoms with Gasteiger partial charge in [0.25, 0.3) is 11.6 Å². The summed E-state index contributed by atoms with van der Waals surface area (Å²) >= 11 is 0. The monoisotopic (exact) mass is 382 g/mol. The number of hydrogen-bond donors (Lipinski definition) is 1. The molecule has 0 atom stereocenters. The van der Waals surface area contributed by atoms with E-state index in [4.69, 9.17) is 9.47 Å². The highest BCUT2D eigenvalue weighted by Gasteiger charge is 2.16. The molecule has 0 radical (unpaired) electrons. The average Bonchev–Trinajstić information content (AvgIpc) is 2.68. The molecule has 0 aromatic heterocycles. The molecule has 9 heteroatoms. The molecular formula is C19H16N3O6-. The van der Waals surface area contributed by atoms with E-state index in [1.54, 1.807) is 37.3 Å². The minimum absolute atomic E-state index is 0.105. The Hall–Kier alpha value is -4.06. The molecule has 0 heterocycles. The number of para-hydroxylation sites is 2. The van der Waals surface area contributed by atoms with E-state index in [0.29, 0.717) is 18.0 Å². The van der Waals surface area contributed by atoms with E-state index in [1.165, 1.54) is 13.2 Å². The van der Waals surface area contributed by atoms with Crippen molar-refractivity contribution in [3.8, 4) is 23.3 Å². The number of nitro benzene ring substituents is 1. The lowest BCUT2D eigenvalue weighted by atomic mass is 10.1. The second-order valence-corrected chi connectivity index (χ2v) is 5.38. The van der Waals surface area contributed by atoms with Gasteiger partial charge in [-0.25, -0.2) is 0 Å². The van der Waals surface area contributed by atoms with Crippen LogP contribution in [-0.2, 0) is 4.79 Å². The van der Waals surface area contributed by atoms with E-state index in [0.717, 1.165) is 12.1 Å². The van der Waals surface area contributed by atoms with Gasteiger partial charge in [-0.05, 0) is 36.8 Å². The van der Waals surface area contributed by atoms with Crippen LogP contribution in [0.2, 0.25) is 0 Å². The Labute approximate surface area is 160 Å². The summed E-state index contributed by atoms with van der Waals surface area (Å²) in [5.74, 6) is -1.45. The molecule has 0 saturated heterocycles. The molecule has 1 amide bonds. The lowest BCUT2D eigenvalue weighted by Gasteiger charge is -2.13. The number of methoxy groups -OCH3 is 1. The predicted octanol–water partition coefficient (Wildman–Crippen LogP) is 2.62. The van der Waals surface area contributed by atoms with Gasteiger partial charge in [-0.2, -0.15) is 5.26 Å². The van der Waals surface area contributed by atoms with Crippen LogP contribution in [0.15, 0.2) is 42.0 Å². The molecule has 0 unspecified atom stereocenters. The topological polar surface area (TPSA) is 138 Å². The minimum Gasteiger partial charge on any atom is -0.865 e. The zero-order valence-corrected chi connectivity index (χ0v) is 15.1. The summed E-state index contributed by atoms with van der Waals surface area (Å²) in [6, 6.07) is 10.6. The normalized spacial score (nSPS) is 10.7. The minimum atomic E-state index is -0.891. The SMILES string of the molecule is CCOc1ccccc1NC(=O)/C(C#N)=C/c1cc(OC)c([O-])c([N+](=O)[O-])c1. The maximum atomic E-state index is 12.5. The molecule has 2 aromatic carbocycles. The Morgan fingerprint density at radius 2 is 2.04 bits per heavy atom. The lowest BCUT2D eigenvalue weighted by molar-refractivity contribution is -0.398. The van der Waals surface area contributed by atoms with Crippen LogP contribution in [0.1, 0.15) is 12.5 Å². The van der Waals surface area contributed by atoms with E-state index >= 15 is 0 Å². The first-order valence-electron chi connectivity index (χ1n) is 8.09. The molecule has 2 aromatic rings. The maximum Gasteiger partial charge on any atom is 0.266 e. The van der Waals surface area contributed by atoms with E-state index in [9.17, 15) is 25.3 Å². The van der Waals surface area contributed by atoms with Crippen molar-refractivity contribution in [2.24, 2.45) is 0 Å². The first-order valence-corrected chi connectivity index (χ1v) is 8.09. The standard InChI is InChI=1S/C19H17N3O6/c1-3-28-16-7-5-4-6-14(16)21-19(24)13(11-20)8-12-9-15(22(25)26)18(23)17(10-12)27-2/h4-10,23H,3H2,1-2H3,(H,21,24)/p-1/b13-8+. The summed E-state index contributed by atoms with van der Waals surface area (Å²) in [5.41, 5.74) is -0.562. The Morgan fingerprint density at radius 3 is 2.64 bits per heavy atom. The van der Waals surface area contributed by atoms with Crippen LogP contribution >= 0.6 is 0 Å². The second-order valence-electron chi connectivity index (χ2n) is 5.38. The van der Waals surface area contributed by atoms with Gasteiger partial charge in [0.05, 0.1) is 24.3 Å². The molecule has 0 bridgehead atoms. The van der Waals surface area contributed by atoms with Crippen molar-refractivity contribution < 1.29 is 24.3 Å². The van der Waals surface area contributed by atoms with Crippen molar-refractivity contribution in [2.75, 3.05) is 19.0 Å². The van der Waals surface area contributed by atoms with Crippen molar-refractivity contribution in [2.45, 2.75) is 6.92 Å². The van der Waals surface area contributed by atoms with Crippen LogP contribution in [0, 0.1) is 21.4 Å². The summed E-state index contributed by atoms with van der Waals surface area (Å²) in [7, 11) is 1.19. The average molecular weight is 382 g/mol. The highest BCUT2D eigenvalue weighted by molar-refractivity contribution is 6.10. The Kier molecular flexibility index (Phi) is 6.54. The number of carbonyl (C=O) groups excluding carboxylic acids is 1. The third kappa shape index (κ3) is 4.56. The highest BCUT2D eigenvalue weighted by Crippen LogP contribution is 2.35. The fraction of sp³-hybridized carbons (Fsp3) is 0.158. The van der Waals surface area contributed by atoms with Gasteiger partial charge in [-0.3, -0.25) is 14.9 Å².